The number of ether oxygens (including phenoxy) is 2. The first-order chi connectivity index (χ1) is 12.2. The molecule has 0 bridgehead atoms. The lowest BCUT2D eigenvalue weighted by atomic mass is 9.85. The van der Waals surface area contributed by atoms with Crippen molar-refractivity contribution < 1.29 is 14.6 Å². The molecule has 0 saturated heterocycles. The van der Waals surface area contributed by atoms with Crippen LogP contribution in [0.4, 0.5) is 0 Å². The van der Waals surface area contributed by atoms with E-state index in [1.807, 2.05) is 24.3 Å². The van der Waals surface area contributed by atoms with Gasteiger partial charge in [-0.3, -0.25) is 4.98 Å². The molecule has 1 aliphatic heterocycles. The third-order valence-corrected chi connectivity index (χ3v) is 5.68. The summed E-state index contributed by atoms with van der Waals surface area (Å²) < 4.78 is 12.1. The fourth-order valence-corrected chi connectivity index (χ4v) is 4.31. The number of aliphatic hydroxyl groups excluding tert-OH is 1. The normalized spacial score (nSPS) is 19.3. The average Bonchev–Trinajstić information content (AvgIpc) is 3.09. The topological polar surface area (TPSA) is 51.6 Å². The highest BCUT2D eigenvalue weighted by molar-refractivity contribution is 5.53. The van der Waals surface area contributed by atoms with Gasteiger partial charge in [-0.2, -0.15) is 0 Å². The SMILES string of the molecule is COc1ccc(C(O)Cc2ccncc2)c2c1OC1(CCCC1)CC2. The number of aliphatic hydroxyl groups is 1. The number of fused-ring (bicyclic) bond motifs is 1. The first-order valence-electron chi connectivity index (χ1n) is 9.16. The summed E-state index contributed by atoms with van der Waals surface area (Å²) in [6, 6.07) is 7.81. The first-order valence-corrected chi connectivity index (χ1v) is 9.16. The Labute approximate surface area is 148 Å². The molecular formula is C21H25NO3. The Morgan fingerprint density at radius 3 is 2.64 bits per heavy atom. The van der Waals surface area contributed by atoms with Crippen molar-refractivity contribution in [3.05, 3.63) is 53.3 Å². The number of aromatic nitrogens is 1. The number of pyridine rings is 1. The monoisotopic (exact) mass is 339 g/mol. The number of hydrogen-bond acceptors (Lipinski definition) is 4. The van der Waals surface area contributed by atoms with Crippen LogP contribution in [0.25, 0.3) is 0 Å². The van der Waals surface area contributed by atoms with Gasteiger partial charge in [0, 0.05) is 24.4 Å². The summed E-state index contributed by atoms with van der Waals surface area (Å²) in [6.07, 6.45) is 10.2. The third-order valence-electron chi connectivity index (χ3n) is 5.68. The molecule has 1 aliphatic carbocycles. The number of hydrogen-bond donors (Lipinski definition) is 1. The van der Waals surface area contributed by atoms with Gasteiger partial charge in [0.1, 0.15) is 5.60 Å². The van der Waals surface area contributed by atoms with Gasteiger partial charge in [-0.25, -0.2) is 0 Å². The van der Waals surface area contributed by atoms with E-state index in [0.29, 0.717) is 6.42 Å². The summed E-state index contributed by atoms with van der Waals surface area (Å²) in [4.78, 5) is 4.04. The number of rotatable bonds is 4. The first kappa shape index (κ1) is 16.4. The maximum absolute atomic E-state index is 10.8. The van der Waals surface area contributed by atoms with Gasteiger partial charge in [-0.1, -0.05) is 6.07 Å². The van der Waals surface area contributed by atoms with Crippen LogP contribution in [0.3, 0.4) is 0 Å². The molecule has 1 fully saturated rings. The molecule has 0 amide bonds. The number of benzene rings is 1. The predicted octanol–water partition coefficient (Wildman–Crippen LogP) is 4.00. The minimum absolute atomic E-state index is 0.0189. The van der Waals surface area contributed by atoms with Gasteiger partial charge in [0.15, 0.2) is 11.5 Å². The fourth-order valence-electron chi connectivity index (χ4n) is 4.31. The number of methoxy groups -OCH3 is 1. The molecule has 4 nitrogen and oxygen atoms in total. The highest BCUT2D eigenvalue weighted by atomic mass is 16.5. The Balaban J connectivity index is 1.66. The van der Waals surface area contributed by atoms with Crippen molar-refractivity contribution in [3.63, 3.8) is 0 Å². The van der Waals surface area contributed by atoms with Crippen LogP contribution in [0.1, 0.15) is 54.9 Å². The number of nitrogens with zero attached hydrogens (tertiary/aromatic N) is 1. The molecule has 1 atom stereocenters. The maximum atomic E-state index is 10.8. The molecule has 1 spiro atoms. The highest BCUT2D eigenvalue weighted by Gasteiger charge is 2.41. The van der Waals surface area contributed by atoms with Crippen LogP contribution in [-0.2, 0) is 12.8 Å². The van der Waals surface area contributed by atoms with E-state index in [1.165, 1.54) is 12.8 Å². The van der Waals surface area contributed by atoms with Crippen LogP contribution in [0.15, 0.2) is 36.7 Å². The quantitative estimate of drug-likeness (QED) is 0.914. The van der Waals surface area contributed by atoms with Gasteiger partial charge < -0.3 is 14.6 Å². The zero-order valence-electron chi connectivity index (χ0n) is 14.7. The van der Waals surface area contributed by atoms with Gasteiger partial charge in [0.2, 0.25) is 0 Å². The minimum atomic E-state index is -0.553. The molecule has 2 aromatic rings. The van der Waals surface area contributed by atoms with Crippen LogP contribution < -0.4 is 9.47 Å². The second kappa shape index (κ2) is 6.68. The van der Waals surface area contributed by atoms with E-state index < -0.39 is 6.10 Å². The smallest absolute Gasteiger partial charge is 0.165 e. The lowest BCUT2D eigenvalue weighted by Crippen LogP contribution is -2.37. The molecule has 2 heterocycles. The van der Waals surface area contributed by atoms with Crippen molar-refractivity contribution >= 4 is 0 Å². The van der Waals surface area contributed by atoms with E-state index in [9.17, 15) is 5.11 Å². The Morgan fingerprint density at radius 1 is 1.16 bits per heavy atom. The van der Waals surface area contributed by atoms with Crippen molar-refractivity contribution in [2.24, 2.45) is 0 Å². The minimum Gasteiger partial charge on any atom is -0.493 e. The Kier molecular flexibility index (Phi) is 4.38. The zero-order valence-corrected chi connectivity index (χ0v) is 14.7. The summed E-state index contributed by atoms with van der Waals surface area (Å²) >= 11 is 0. The molecule has 1 N–H and O–H groups in total. The van der Waals surface area contributed by atoms with E-state index in [-0.39, 0.29) is 5.60 Å². The third kappa shape index (κ3) is 3.11. The van der Waals surface area contributed by atoms with Crippen molar-refractivity contribution in [1.29, 1.82) is 0 Å². The van der Waals surface area contributed by atoms with E-state index in [4.69, 9.17) is 9.47 Å². The standard InChI is InChI=1S/C21H25NO3/c1-24-19-5-4-16(18(23)14-15-7-12-22-13-8-15)17-6-11-21(25-20(17)19)9-2-3-10-21/h4-5,7-8,12-13,18,23H,2-3,6,9-11,14H2,1H3. The van der Waals surface area contributed by atoms with Gasteiger partial charge in [-0.15, -0.1) is 0 Å². The molecule has 25 heavy (non-hydrogen) atoms. The lowest BCUT2D eigenvalue weighted by Gasteiger charge is -2.37. The van der Waals surface area contributed by atoms with Crippen LogP contribution >= 0.6 is 0 Å². The summed E-state index contributed by atoms with van der Waals surface area (Å²) in [5.41, 5.74) is 3.13. The summed E-state index contributed by atoms with van der Waals surface area (Å²) in [5, 5.41) is 10.8. The Morgan fingerprint density at radius 2 is 1.92 bits per heavy atom. The predicted molar refractivity (Wildman–Crippen MR) is 96.0 cm³/mol. The molecule has 2 aliphatic rings. The Bertz CT molecular complexity index is 738. The van der Waals surface area contributed by atoms with E-state index in [2.05, 4.69) is 4.98 Å². The molecule has 1 saturated carbocycles. The maximum Gasteiger partial charge on any atom is 0.165 e. The molecule has 1 aromatic heterocycles. The second-order valence-electron chi connectivity index (χ2n) is 7.23. The highest BCUT2D eigenvalue weighted by Crippen LogP contribution is 2.48. The zero-order chi connectivity index (χ0) is 17.3. The second-order valence-corrected chi connectivity index (χ2v) is 7.23. The fraction of sp³-hybridized carbons (Fsp3) is 0.476. The van der Waals surface area contributed by atoms with E-state index >= 15 is 0 Å². The molecule has 1 unspecified atom stereocenters. The van der Waals surface area contributed by atoms with Crippen molar-refractivity contribution in [1.82, 2.24) is 4.98 Å². The largest absolute Gasteiger partial charge is 0.493 e. The molecule has 1 aromatic carbocycles. The average molecular weight is 339 g/mol. The van der Waals surface area contributed by atoms with Crippen LogP contribution in [-0.4, -0.2) is 22.8 Å². The van der Waals surface area contributed by atoms with Crippen molar-refractivity contribution in [2.45, 2.75) is 56.7 Å². The van der Waals surface area contributed by atoms with Crippen LogP contribution in [0.5, 0.6) is 11.5 Å². The lowest BCUT2D eigenvalue weighted by molar-refractivity contribution is 0.0484. The van der Waals surface area contributed by atoms with Crippen molar-refractivity contribution in [3.8, 4) is 11.5 Å². The summed E-state index contributed by atoms with van der Waals surface area (Å²) in [5.74, 6) is 1.63. The molecule has 4 heteroatoms. The van der Waals surface area contributed by atoms with Crippen molar-refractivity contribution in [2.75, 3.05) is 7.11 Å². The van der Waals surface area contributed by atoms with Crippen LogP contribution in [0.2, 0.25) is 0 Å². The molecule has 0 radical (unpaired) electrons. The van der Waals surface area contributed by atoms with Gasteiger partial charge in [-0.05, 0) is 67.9 Å². The van der Waals surface area contributed by atoms with Gasteiger partial charge in [0.25, 0.3) is 0 Å². The van der Waals surface area contributed by atoms with Crippen LogP contribution in [0, 0.1) is 0 Å². The summed E-state index contributed by atoms with van der Waals surface area (Å²) in [6.45, 7) is 0. The Hall–Kier alpha value is -2.07. The van der Waals surface area contributed by atoms with E-state index in [0.717, 1.165) is 53.9 Å². The van der Waals surface area contributed by atoms with Gasteiger partial charge in [0.05, 0.1) is 13.2 Å². The molecular weight excluding hydrogens is 314 g/mol. The van der Waals surface area contributed by atoms with E-state index in [1.54, 1.807) is 19.5 Å². The molecule has 132 valence electrons. The molecule has 4 rings (SSSR count). The summed E-state index contributed by atoms with van der Waals surface area (Å²) in [7, 11) is 1.68. The van der Waals surface area contributed by atoms with Gasteiger partial charge >= 0.3 is 0 Å².